The Morgan fingerprint density at radius 3 is 2.36 bits per heavy atom. The molecular weight excluding hydrogens is 323 g/mol. The van der Waals surface area contributed by atoms with Crippen LogP contribution < -0.4 is 5.32 Å². The van der Waals surface area contributed by atoms with Crippen LogP contribution in [0.25, 0.3) is 0 Å². The van der Waals surface area contributed by atoms with Gasteiger partial charge >= 0.3 is 0 Å². The summed E-state index contributed by atoms with van der Waals surface area (Å²) in [5.41, 5.74) is 0.497. The predicted molar refractivity (Wildman–Crippen MR) is 91.8 cm³/mol. The summed E-state index contributed by atoms with van der Waals surface area (Å²) in [6.07, 6.45) is 8.44. The largest absolute Gasteiger partial charge is 0.341 e. The number of nitrogens with zero attached hydrogens (tertiary/aromatic N) is 3. The summed E-state index contributed by atoms with van der Waals surface area (Å²) in [6.45, 7) is 6.02. The summed E-state index contributed by atoms with van der Waals surface area (Å²) in [4.78, 5) is 14.5. The average molecular weight is 349 g/mol. The highest BCUT2D eigenvalue weighted by Gasteiger charge is 2.37. The first kappa shape index (κ1) is 19.3. The monoisotopic (exact) mass is 348 g/mol. The zero-order valence-electron chi connectivity index (χ0n) is 13.0. The van der Waals surface area contributed by atoms with Gasteiger partial charge in [-0.25, -0.2) is 0 Å². The maximum atomic E-state index is 12.5. The number of rotatable bonds is 2. The summed E-state index contributed by atoms with van der Waals surface area (Å²) >= 11 is 0. The van der Waals surface area contributed by atoms with Crippen molar-refractivity contribution >= 4 is 30.7 Å². The van der Waals surface area contributed by atoms with Gasteiger partial charge in [0, 0.05) is 25.5 Å². The van der Waals surface area contributed by atoms with Crippen molar-refractivity contribution < 1.29 is 4.79 Å². The molecule has 2 aliphatic rings. The molecule has 1 atom stereocenters. The number of piperidine rings is 2. The third-order valence-corrected chi connectivity index (χ3v) is 5.08. The number of aromatic nitrogens is 2. The van der Waals surface area contributed by atoms with Gasteiger partial charge in [-0.3, -0.25) is 9.48 Å². The number of amides is 1. The molecule has 1 amide bonds. The van der Waals surface area contributed by atoms with E-state index in [0.717, 1.165) is 39.0 Å². The number of halogens is 2. The number of hydrogen-bond acceptors (Lipinski definition) is 3. The Labute approximate surface area is 144 Å². The van der Waals surface area contributed by atoms with Crippen LogP contribution in [0.15, 0.2) is 18.5 Å². The Bertz CT molecular complexity index is 450. The molecule has 1 N–H and O–H groups in total. The van der Waals surface area contributed by atoms with Gasteiger partial charge in [0.1, 0.15) is 6.04 Å². The fourth-order valence-electron chi connectivity index (χ4n) is 3.55. The second-order valence-electron chi connectivity index (χ2n) is 6.24. The molecule has 1 aromatic heterocycles. The van der Waals surface area contributed by atoms with Crippen molar-refractivity contribution in [3.05, 3.63) is 18.5 Å². The lowest BCUT2D eigenvalue weighted by atomic mass is 9.71. The number of carbonyl (C=O) groups is 1. The molecule has 1 unspecified atom stereocenters. The number of nitrogens with one attached hydrogen (secondary N) is 1. The molecule has 3 heterocycles. The van der Waals surface area contributed by atoms with Crippen molar-refractivity contribution in [2.45, 2.75) is 38.6 Å². The van der Waals surface area contributed by atoms with Crippen LogP contribution in [0.4, 0.5) is 0 Å². The minimum Gasteiger partial charge on any atom is -0.341 e. The molecule has 7 heteroatoms. The summed E-state index contributed by atoms with van der Waals surface area (Å²) in [6, 6.07) is 1.68. The average Bonchev–Trinajstić information content (AvgIpc) is 3.02. The van der Waals surface area contributed by atoms with Gasteiger partial charge < -0.3 is 10.2 Å². The van der Waals surface area contributed by atoms with E-state index in [2.05, 4.69) is 10.4 Å². The van der Waals surface area contributed by atoms with Crippen LogP contribution in [-0.4, -0.2) is 46.8 Å². The first-order valence-electron chi connectivity index (χ1n) is 7.69. The normalized spacial score (nSPS) is 21.6. The Kier molecular flexibility index (Phi) is 7.16. The molecule has 126 valence electrons. The lowest BCUT2D eigenvalue weighted by Gasteiger charge is -2.44. The van der Waals surface area contributed by atoms with Gasteiger partial charge in [-0.05, 0) is 57.2 Å². The quantitative estimate of drug-likeness (QED) is 0.891. The number of likely N-dealkylation sites (tertiary alicyclic amines) is 1. The molecule has 0 aliphatic carbocycles. The Morgan fingerprint density at radius 1 is 1.18 bits per heavy atom. The van der Waals surface area contributed by atoms with Gasteiger partial charge in [0.2, 0.25) is 5.91 Å². The van der Waals surface area contributed by atoms with E-state index in [1.807, 2.05) is 24.1 Å². The molecule has 22 heavy (non-hydrogen) atoms. The van der Waals surface area contributed by atoms with Crippen LogP contribution in [-0.2, 0) is 4.79 Å². The van der Waals surface area contributed by atoms with Crippen molar-refractivity contribution in [2.75, 3.05) is 26.2 Å². The van der Waals surface area contributed by atoms with E-state index in [1.54, 1.807) is 10.9 Å². The predicted octanol–water partition coefficient (Wildman–Crippen LogP) is 2.28. The van der Waals surface area contributed by atoms with E-state index in [1.165, 1.54) is 12.8 Å². The highest BCUT2D eigenvalue weighted by Crippen LogP contribution is 2.39. The zero-order chi connectivity index (χ0) is 14.0. The van der Waals surface area contributed by atoms with Crippen LogP contribution in [0.1, 0.15) is 38.6 Å². The molecule has 0 aromatic carbocycles. The Hall–Kier alpha value is -0.780. The van der Waals surface area contributed by atoms with Gasteiger partial charge in [-0.1, -0.05) is 0 Å². The van der Waals surface area contributed by atoms with Crippen LogP contribution in [0, 0.1) is 5.41 Å². The van der Waals surface area contributed by atoms with Crippen molar-refractivity contribution in [3.63, 3.8) is 0 Å². The lowest BCUT2D eigenvalue weighted by Crippen LogP contribution is -2.48. The van der Waals surface area contributed by atoms with E-state index in [0.29, 0.717) is 5.41 Å². The van der Waals surface area contributed by atoms with Crippen molar-refractivity contribution in [3.8, 4) is 0 Å². The van der Waals surface area contributed by atoms with E-state index in [9.17, 15) is 4.79 Å². The van der Waals surface area contributed by atoms with Gasteiger partial charge in [-0.2, -0.15) is 5.10 Å². The molecular formula is C15H26Cl2N4O. The number of hydrogen-bond donors (Lipinski definition) is 1. The number of carbonyl (C=O) groups excluding carboxylic acids is 1. The Morgan fingerprint density at radius 2 is 1.82 bits per heavy atom. The SMILES string of the molecule is CC(C(=O)N1CCC2(CCNCC2)CC1)n1cccn1.Cl.Cl. The minimum atomic E-state index is -0.188. The summed E-state index contributed by atoms with van der Waals surface area (Å²) in [5.74, 6) is 0.206. The smallest absolute Gasteiger partial charge is 0.247 e. The van der Waals surface area contributed by atoms with Crippen LogP contribution in [0.2, 0.25) is 0 Å². The van der Waals surface area contributed by atoms with Crippen molar-refractivity contribution in [2.24, 2.45) is 5.41 Å². The van der Waals surface area contributed by atoms with Gasteiger partial charge in [0.15, 0.2) is 0 Å². The topological polar surface area (TPSA) is 50.2 Å². The lowest BCUT2D eigenvalue weighted by molar-refractivity contribution is -0.137. The molecule has 2 saturated heterocycles. The van der Waals surface area contributed by atoms with E-state index in [-0.39, 0.29) is 36.8 Å². The van der Waals surface area contributed by atoms with Crippen molar-refractivity contribution in [1.82, 2.24) is 20.0 Å². The molecule has 0 saturated carbocycles. The first-order valence-corrected chi connectivity index (χ1v) is 7.69. The first-order chi connectivity index (χ1) is 9.70. The zero-order valence-corrected chi connectivity index (χ0v) is 14.7. The van der Waals surface area contributed by atoms with Gasteiger partial charge in [-0.15, -0.1) is 24.8 Å². The van der Waals surface area contributed by atoms with Crippen LogP contribution in [0.5, 0.6) is 0 Å². The van der Waals surface area contributed by atoms with E-state index < -0.39 is 0 Å². The van der Waals surface area contributed by atoms with Crippen molar-refractivity contribution in [1.29, 1.82) is 0 Å². The van der Waals surface area contributed by atoms with Crippen LogP contribution in [0.3, 0.4) is 0 Å². The third-order valence-electron chi connectivity index (χ3n) is 5.08. The molecule has 0 radical (unpaired) electrons. The molecule has 1 aromatic rings. The van der Waals surface area contributed by atoms with Gasteiger partial charge in [0.25, 0.3) is 0 Å². The molecule has 5 nitrogen and oxygen atoms in total. The molecule has 2 fully saturated rings. The minimum absolute atomic E-state index is 0. The fourth-order valence-corrected chi connectivity index (χ4v) is 3.55. The molecule has 0 bridgehead atoms. The molecule has 1 spiro atoms. The van der Waals surface area contributed by atoms with Gasteiger partial charge in [0.05, 0.1) is 0 Å². The second kappa shape index (κ2) is 8.18. The standard InChI is InChI=1S/C15H24N4O.2ClH/c1-13(19-10-2-7-17-19)14(20)18-11-5-15(6-12-18)3-8-16-9-4-15;;/h2,7,10,13,16H,3-6,8-9,11-12H2,1H3;2*1H. The molecule has 3 rings (SSSR count). The Balaban J connectivity index is 0.00000121. The highest BCUT2D eigenvalue weighted by molar-refractivity contribution is 5.85. The van der Waals surface area contributed by atoms with E-state index >= 15 is 0 Å². The summed E-state index contributed by atoms with van der Waals surface area (Å²) < 4.78 is 1.75. The molecule has 2 aliphatic heterocycles. The second-order valence-corrected chi connectivity index (χ2v) is 6.24. The summed E-state index contributed by atoms with van der Waals surface area (Å²) in [5, 5.41) is 7.61. The van der Waals surface area contributed by atoms with E-state index in [4.69, 9.17) is 0 Å². The summed E-state index contributed by atoms with van der Waals surface area (Å²) in [7, 11) is 0. The maximum absolute atomic E-state index is 12.5. The van der Waals surface area contributed by atoms with Crippen LogP contribution >= 0.6 is 24.8 Å². The fraction of sp³-hybridized carbons (Fsp3) is 0.733. The maximum Gasteiger partial charge on any atom is 0.247 e. The highest BCUT2D eigenvalue weighted by atomic mass is 35.5. The third kappa shape index (κ3) is 3.94.